The number of hydrogen-bond acceptors (Lipinski definition) is 3. The molecule has 1 rings (SSSR count). The first-order valence-electron chi connectivity index (χ1n) is 3.69. The Bertz CT molecular complexity index is 281. The molecule has 0 heterocycles. The molecule has 0 aliphatic carbocycles. The van der Waals surface area contributed by atoms with Gasteiger partial charge in [0.05, 0.1) is 12.6 Å². The average Bonchev–Trinajstić information content (AvgIpc) is 2.05. The van der Waals surface area contributed by atoms with Crippen LogP contribution in [0, 0.1) is 0 Å². The lowest BCUT2D eigenvalue weighted by atomic mass is 10.2. The number of carboxylic acids is 1. The van der Waals surface area contributed by atoms with Crippen molar-refractivity contribution in [1.29, 1.82) is 0 Å². The zero-order valence-corrected chi connectivity index (χ0v) is 6.74. The summed E-state index contributed by atoms with van der Waals surface area (Å²) in [6, 6.07) is 6.42. The van der Waals surface area contributed by atoms with Crippen molar-refractivity contribution >= 4 is 5.97 Å². The Hall–Kier alpha value is -1.51. The van der Waals surface area contributed by atoms with Crippen LogP contribution in [0.3, 0.4) is 0 Å². The van der Waals surface area contributed by atoms with Crippen LogP contribution in [0.2, 0.25) is 0 Å². The lowest BCUT2D eigenvalue weighted by molar-refractivity contribution is -0.255. The molecular weight excluding hydrogens is 156 g/mol. The number of benzene rings is 1. The van der Waals surface area contributed by atoms with Gasteiger partial charge in [-0.2, -0.15) is 0 Å². The van der Waals surface area contributed by atoms with Crippen LogP contribution in [0.4, 0.5) is 0 Å². The topological polar surface area (TPSA) is 49.4 Å². The summed E-state index contributed by atoms with van der Waals surface area (Å²) in [6.07, 6.45) is 0. The highest BCUT2D eigenvalue weighted by molar-refractivity contribution is 5.89. The van der Waals surface area contributed by atoms with E-state index in [0.29, 0.717) is 12.4 Å². The summed E-state index contributed by atoms with van der Waals surface area (Å²) < 4.78 is 5.08. The van der Waals surface area contributed by atoms with Gasteiger partial charge in [0, 0.05) is 5.56 Å². The van der Waals surface area contributed by atoms with E-state index >= 15 is 0 Å². The van der Waals surface area contributed by atoms with E-state index in [4.69, 9.17) is 4.74 Å². The fraction of sp³-hybridized carbons (Fsp3) is 0.222. The second-order valence-electron chi connectivity index (χ2n) is 2.22. The second-order valence-corrected chi connectivity index (χ2v) is 2.22. The van der Waals surface area contributed by atoms with Gasteiger partial charge in [-0.3, -0.25) is 0 Å². The molecule has 0 spiro atoms. The van der Waals surface area contributed by atoms with Gasteiger partial charge in [-0.15, -0.1) is 0 Å². The molecule has 12 heavy (non-hydrogen) atoms. The lowest BCUT2D eigenvalue weighted by Crippen LogP contribution is -2.23. The van der Waals surface area contributed by atoms with Gasteiger partial charge >= 0.3 is 0 Å². The van der Waals surface area contributed by atoms with Gasteiger partial charge in [0.15, 0.2) is 0 Å². The molecule has 0 aliphatic heterocycles. The molecule has 0 aliphatic rings. The number of ether oxygens (including phenoxy) is 1. The second kappa shape index (κ2) is 3.76. The quantitative estimate of drug-likeness (QED) is 0.653. The van der Waals surface area contributed by atoms with Gasteiger partial charge in [0.2, 0.25) is 0 Å². The normalized spacial score (nSPS) is 9.42. The predicted octanol–water partition coefficient (Wildman–Crippen LogP) is 0.449. The molecule has 0 N–H and O–H groups in total. The van der Waals surface area contributed by atoms with Crippen LogP contribution in [-0.4, -0.2) is 12.6 Å². The third kappa shape index (κ3) is 1.75. The molecule has 0 atom stereocenters. The zero-order valence-electron chi connectivity index (χ0n) is 6.74. The molecule has 0 saturated heterocycles. The number of rotatable bonds is 3. The highest BCUT2D eigenvalue weighted by Crippen LogP contribution is 2.16. The molecule has 1 aromatic carbocycles. The molecular formula is C9H9O3-. The molecule has 0 fully saturated rings. The maximum atomic E-state index is 10.5. The van der Waals surface area contributed by atoms with Crippen LogP contribution in [0.25, 0.3) is 0 Å². The van der Waals surface area contributed by atoms with Gasteiger partial charge in [0.25, 0.3) is 0 Å². The Morgan fingerprint density at radius 3 is 2.75 bits per heavy atom. The number of aromatic carboxylic acids is 1. The first kappa shape index (κ1) is 8.59. The minimum atomic E-state index is -1.21. The number of hydrogen-bond donors (Lipinski definition) is 0. The summed E-state index contributed by atoms with van der Waals surface area (Å²) in [5.74, 6) is -0.848. The van der Waals surface area contributed by atoms with Gasteiger partial charge in [0.1, 0.15) is 5.75 Å². The van der Waals surface area contributed by atoms with Crippen molar-refractivity contribution in [1.82, 2.24) is 0 Å². The molecule has 3 heteroatoms. The van der Waals surface area contributed by atoms with Gasteiger partial charge < -0.3 is 14.6 Å². The summed E-state index contributed by atoms with van der Waals surface area (Å²) in [5, 5.41) is 10.5. The van der Waals surface area contributed by atoms with Crippen LogP contribution >= 0.6 is 0 Å². The fourth-order valence-electron chi connectivity index (χ4n) is 0.917. The Labute approximate surface area is 70.6 Å². The smallest absolute Gasteiger partial charge is 0.128 e. The van der Waals surface area contributed by atoms with E-state index in [-0.39, 0.29) is 5.56 Å². The fourth-order valence-corrected chi connectivity index (χ4v) is 0.917. The van der Waals surface area contributed by atoms with Gasteiger partial charge in [-0.05, 0) is 19.1 Å². The van der Waals surface area contributed by atoms with Crippen molar-refractivity contribution in [3.05, 3.63) is 29.8 Å². The van der Waals surface area contributed by atoms with Crippen LogP contribution in [0.5, 0.6) is 5.75 Å². The monoisotopic (exact) mass is 165 g/mol. The first-order chi connectivity index (χ1) is 5.75. The minimum Gasteiger partial charge on any atom is -0.545 e. The summed E-state index contributed by atoms with van der Waals surface area (Å²) >= 11 is 0. The van der Waals surface area contributed by atoms with E-state index < -0.39 is 5.97 Å². The van der Waals surface area contributed by atoms with Crippen molar-refractivity contribution < 1.29 is 14.6 Å². The number of carbonyl (C=O) groups is 1. The molecule has 64 valence electrons. The number of carboxylic acid groups (broad SMARTS) is 1. The van der Waals surface area contributed by atoms with Crippen molar-refractivity contribution in [2.45, 2.75) is 6.92 Å². The molecule has 1 aromatic rings. The van der Waals surface area contributed by atoms with Crippen molar-refractivity contribution in [2.24, 2.45) is 0 Å². The molecule has 0 bridgehead atoms. The van der Waals surface area contributed by atoms with Crippen LogP contribution in [0.15, 0.2) is 24.3 Å². The zero-order chi connectivity index (χ0) is 8.97. The molecule has 0 radical (unpaired) electrons. The molecule has 3 nitrogen and oxygen atoms in total. The Morgan fingerprint density at radius 1 is 1.50 bits per heavy atom. The Morgan fingerprint density at radius 2 is 2.17 bits per heavy atom. The van der Waals surface area contributed by atoms with E-state index in [2.05, 4.69) is 0 Å². The standard InChI is InChI=1S/C9H10O3/c1-2-12-8-6-4-3-5-7(8)9(10)11/h3-6H,2H2,1H3,(H,10,11)/p-1. The summed E-state index contributed by atoms with van der Waals surface area (Å²) in [4.78, 5) is 10.5. The van der Waals surface area contributed by atoms with Gasteiger partial charge in [-0.1, -0.05) is 12.1 Å². The largest absolute Gasteiger partial charge is 0.545 e. The highest BCUT2D eigenvalue weighted by Gasteiger charge is 2.01. The average molecular weight is 165 g/mol. The minimum absolute atomic E-state index is 0.0966. The van der Waals surface area contributed by atoms with Crippen LogP contribution in [0.1, 0.15) is 17.3 Å². The molecule has 0 aromatic heterocycles. The maximum absolute atomic E-state index is 10.5. The van der Waals surface area contributed by atoms with E-state index in [1.165, 1.54) is 6.07 Å². The third-order valence-corrected chi connectivity index (χ3v) is 1.41. The highest BCUT2D eigenvalue weighted by atomic mass is 16.5. The van der Waals surface area contributed by atoms with E-state index in [9.17, 15) is 9.90 Å². The SMILES string of the molecule is CCOc1ccccc1C(=O)[O-]. The van der Waals surface area contributed by atoms with E-state index in [0.717, 1.165) is 0 Å². The lowest BCUT2D eigenvalue weighted by Gasteiger charge is -2.09. The van der Waals surface area contributed by atoms with E-state index in [1.54, 1.807) is 25.1 Å². The first-order valence-corrected chi connectivity index (χ1v) is 3.69. The van der Waals surface area contributed by atoms with Crippen molar-refractivity contribution in [3.63, 3.8) is 0 Å². The maximum Gasteiger partial charge on any atom is 0.128 e. The Kier molecular flexibility index (Phi) is 2.69. The van der Waals surface area contributed by atoms with Crippen LogP contribution < -0.4 is 9.84 Å². The number of para-hydroxylation sites is 1. The summed E-state index contributed by atoms with van der Waals surface area (Å²) in [5.41, 5.74) is 0.0966. The van der Waals surface area contributed by atoms with Gasteiger partial charge in [-0.25, -0.2) is 0 Å². The third-order valence-electron chi connectivity index (χ3n) is 1.41. The van der Waals surface area contributed by atoms with Crippen molar-refractivity contribution in [3.8, 4) is 5.75 Å². The van der Waals surface area contributed by atoms with Crippen molar-refractivity contribution in [2.75, 3.05) is 6.61 Å². The Balaban J connectivity index is 3.00. The molecule has 0 amide bonds. The summed E-state index contributed by atoms with van der Waals surface area (Å²) in [7, 11) is 0. The molecule has 0 saturated carbocycles. The number of carbonyl (C=O) groups excluding carboxylic acids is 1. The summed E-state index contributed by atoms with van der Waals surface area (Å²) in [6.45, 7) is 2.25. The van der Waals surface area contributed by atoms with Crippen LogP contribution in [-0.2, 0) is 0 Å². The predicted molar refractivity (Wildman–Crippen MR) is 41.9 cm³/mol. The van der Waals surface area contributed by atoms with E-state index in [1.807, 2.05) is 0 Å². The molecule has 0 unspecified atom stereocenters.